The first kappa shape index (κ1) is 20.3. The first-order chi connectivity index (χ1) is 12.7. The Labute approximate surface area is 164 Å². The van der Waals surface area contributed by atoms with Gasteiger partial charge in [0, 0.05) is 13.6 Å². The number of rotatable bonds is 5. The standard InChI is InChI=1S/C21H29NO3SSi/c1-21(2,3)27(19-11-7-5-8-12-19,20-13-9-6-10-14-20)25-17-18-15-16-22(4)26(18,23)24/h5-14,18H,15-17H2,1-4H3. The van der Waals surface area contributed by atoms with Crippen molar-refractivity contribution in [1.82, 2.24) is 4.31 Å². The average molecular weight is 404 g/mol. The van der Waals surface area contributed by atoms with E-state index in [0.29, 0.717) is 13.0 Å². The van der Waals surface area contributed by atoms with Gasteiger partial charge in [-0.05, 0) is 21.8 Å². The molecule has 1 saturated heterocycles. The second-order valence-electron chi connectivity index (χ2n) is 8.25. The highest BCUT2D eigenvalue weighted by Gasteiger charge is 2.51. The zero-order valence-electron chi connectivity index (χ0n) is 16.6. The van der Waals surface area contributed by atoms with Crippen LogP contribution >= 0.6 is 0 Å². The summed E-state index contributed by atoms with van der Waals surface area (Å²) in [5.74, 6) is 0. The maximum Gasteiger partial charge on any atom is 0.261 e. The Morgan fingerprint density at radius 2 is 1.48 bits per heavy atom. The highest BCUT2D eigenvalue weighted by Crippen LogP contribution is 2.37. The Hall–Kier alpha value is -1.47. The SMILES string of the molecule is CN1CCC(CO[Si](c2ccccc2)(c2ccccc2)C(C)(C)C)S1(=O)=O. The lowest BCUT2D eigenvalue weighted by Crippen LogP contribution is -2.67. The highest BCUT2D eigenvalue weighted by molar-refractivity contribution is 7.90. The van der Waals surface area contributed by atoms with Gasteiger partial charge in [-0.25, -0.2) is 12.7 Å². The van der Waals surface area contributed by atoms with Crippen molar-refractivity contribution < 1.29 is 12.8 Å². The molecule has 1 aliphatic heterocycles. The molecule has 3 rings (SSSR count). The molecule has 0 amide bonds. The first-order valence-corrected chi connectivity index (χ1v) is 12.8. The van der Waals surface area contributed by atoms with Crippen LogP contribution in [0.2, 0.25) is 5.04 Å². The fraction of sp³-hybridized carbons (Fsp3) is 0.429. The van der Waals surface area contributed by atoms with Gasteiger partial charge in [-0.2, -0.15) is 0 Å². The Morgan fingerprint density at radius 3 is 1.85 bits per heavy atom. The molecule has 0 radical (unpaired) electrons. The molecule has 1 heterocycles. The maximum absolute atomic E-state index is 12.6. The van der Waals surface area contributed by atoms with Crippen LogP contribution in [0, 0.1) is 0 Å². The van der Waals surface area contributed by atoms with E-state index in [1.54, 1.807) is 7.05 Å². The minimum absolute atomic E-state index is 0.149. The van der Waals surface area contributed by atoms with Gasteiger partial charge in [0.25, 0.3) is 8.32 Å². The summed E-state index contributed by atoms with van der Waals surface area (Å²) in [4.78, 5) is 0. The number of hydrogen-bond acceptors (Lipinski definition) is 3. The van der Waals surface area contributed by atoms with E-state index < -0.39 is 23.6 Å². The summed E-state index contributed by atoms with van der Waals surface area (Å²) in [7, 11) is -4.30. The monoisotopic (exact) mass is 403 g/mol. The number of benzene rings is 2. The van der Waals surface area contributed by atoms with Crippen LogP contribution < -0.4 is 10.4 Å². The normalized spacial score (nSPS) is 20.7. The van der Waals surface area contributed by atoms with Gasteiger partial charge in [-0.3, -0.25) is 0 Å². The fourth-order valence-corrected chi connectivity index (χ4v) is 10.2. The van der Waals surface area contributed by atoms with E-state index in [4.69, 9.17) is 4.43 Å². The van der Waals surface area contributed by atoms with Gasteiger partial charge in [-0.15, -0.1) is 0 Å². The highest BCUT2D eigenvalue weighted by atomic mass is 32.2. The lowest BCUT2D eigenvalue weighted by atomic mass is 10.2. The fourth-order valence-electron chi connectivity index (χ4n) is 4.01. The molecular formula is C21H29NO3SSi. The Balaban J connectivity index is 2.07. The second kappa shape index (κ2) is 7.51. The molecule has 0 bridgehead atoms. The minimum atomic E-state index is -3.27. The van der Waals surface area contributed by atoms with Crippen LogP contribution in [-0.2, 0) is 14.4 Å². The van der Waals surface area contributed by atoms with E-state index in [2.05, 4.69) is 45.0 Å². The van der Waals surface area contributed by atoms with E-state index in [1.807, 2.05) is 36.4 Å². The van der Waals surface area contributed by atoms with E-state index in [1.165, 1.54) is 14.7 Å². The van der Waals surface area contributed by atoms with Crippen molar-refractivity contribution in [3.63, 3.8) is 0 Å². The van der Waals surface area contributed by atoms with Gasteiger partial charge in [0.15, 0.2) is 0 Å². The van der Waals surface area contributed by atoms with Crippen LogP contribution in [-0.4, -0.2) is 46.5 Å². The van der Waals surface area contributed by atoms with Gasteiger partial charge < -0.3 is 4.43 Å². The predicted molar refractivity (Wildman–Crippen MR) is 114 cm³/mol. The molecule has 2 aromatic rings. The molecule has 0 aromatic heterocycles. The van der Waals surface area contributed by atoms with Crippen molar-refractivity contribution in [2.24, 2.45) is 0 Å². The quantitative estimate of drug-likeness (QED) is 0.721. The summed E-state index contributed by atoms with van der Waals surface area (Å²) in [5.41, 5.74) is 0. The summed E-state index contributed by atoms with van der Waals surface area (Å²) in [5, 5.41) is 1.73. The number of hydrogen-bond donors (Lipinski definition) is 0. The maximum atomic E-state index is 12.6. The van der Waals surface area contributed by atoms with Crippen molar-refractivity contribution in [3.8, 4) is 0 Å². The van der Waals surface area contributed by atoms with Crippen LogP contribution in [0.4, 0.5) is 0 Å². The smallest absolute Gasteiger partial charge is 0.261 e. The van der Waals surface area contributed by atoms with Gasteiger partial charge in [0.1, 0.15) is 0 Å². The number of sulfonamides is 1. The average Bonchev–Trinajstić information content (AvgIpc) is 2.89. The minimum Gasteiger partial charge on any atom is -0.406 e. The van der Waals surface area contributed by atoms with Crippen molar-refractivity contribution in [2.75, 3.05) is 20.2 Å². The predicted octanol–water partition coefficient (Wildman–Crippen LogP) is 2.60. The van der Waals surface area contributed by atoms with Crippen molar-refractivity contribution in [3.05, 3.63) is 60.7 Å². The van der Waals surface area contributed by atoms with Crippen molar-refractivity contribution >= 4 is 28.7 Å². The molecule has 1 unspecified atom stereocenters. The molecule has 1 atom stereocenters. The molecule has 0 spiro atoms. The van der Waals surface area contributed by atoms with E-state index in [9.17, 15) is 8.42 Å². The molecule has 6 heteroatoms. The third kappa shape index (κ3) is 3.63. The molecule has 0 saturated carbocycles. The molecule has 4 nitrogen and oxygen atoms in total. The van der Waals surface area contributed by atoms with E-state index >= 15 is 0 Å². The zero-order chi connectivity index (χ0) is 19.7. The molecule has 0 aliphatic carbocycles. The molecule has 146 valence electrons. The molecule has 2 aromatic carbocycles. The van der Waals surface area contributed by atoms with Gasteiger partial charge in [-0.1, -0.05) is 81.4 Å². The topological polar surface area (TPSA) is 46.6 Å². The molecular weight excluding hydrogens is 374 g/mol. The summed E-state index contributed by atoms with van der Waals surface area (Å²) in [6, 6.07) is 20.7. The van der Waals surface area contributed by atoms with E-state index in [-0.39, 0.29) is 11.6 Å². The van der Waals surface area contributed by atoms with Gasteiger partial charge in [0.05, 0.1) is 11.9 Å². The molecule has 0 N–H and O–H groups in total. The molecule has 1 fully saturated rings. The second-order valence-corrected chi connectivity index (χ2v) is 14.9. The molecule has 27 heavy (non-hydrogen) atoms. The third-order valence-electron chi connectivity index (χ3n) is 5.52. The summed E-state index contributed by atoms with van der Waals surface area (Å²) in [6.07, 6.45) is 0.622. The summed E-state index contributed by atoms with van der Waals surface area (Å²) < 4.78 is 33.4. The Morgan fingerprint density at radius 1 is 1.00 bits per heavy atom. The molecule has 1 aliphatic rings. The third-order valence-corrected chi connectivity index (χ3v) is 12.8. The zero-order valence-corrected chi connectivity index (χ0v) is 18.4. The lowest BCUT2D eigenvalue weighted by molar-refractivity contribution is 0.293. The van der Waals surface area contributed by atoms with Gasteiger partial charge in [0.2, 0.25) is 10.0 Å². The Bertz CT molecular complexity index is 824. The largest absolute Gasteiger partial charge is 0.406 e. The van der Waals surface area contributed by atoms with Crippen molar-refractivity contribution in [2.45, 2.75) is 37.5 Å². The van der Waals surface area contributed by atoms with Crippen LogP contribution in [0.15, 0.2) is 60.7 Å². The number of nitrogens with zero attached hydrogens (tertiary/aromatic N) is 1. The summed E-state index contributed by atoms with van der Waals surface area (Å²) >= 11 is 0. The summed E-state index contributed by atoms with van der Waals surface area (Å²) in [6.45, 7) is 7.41. The van der Waals surface area contributed by atoms with Crippen LogP contribution in [0.25, 0.3) is 0 Å². The van der Waals surface area contributed by atoms with Crippen LogP contribution in [0.3, 0.4) is 0 Å². The van der Waals surface area contributed by atoms with Crippen LogP contribution in [0.1, 0.15) is 27.2 Å². The first-order valence-electron chi connectivity index (χ1n) is 9.40. The van der Waals surface area contributed by atoms with Crippen LogP contribution in [0.5, 0.6) is 0 Å². The Kier molecular flexibility index (Phi) is 5.63. The van der Waals surface area contributed by atoms with E-state index in [0.717, 1.165) is 0 Å². The lowest BCUT2D eigenvalue weighted by Gasteiger charge is -2.43. The van der Waals surface area contributed by atoms with Crippen molar-refractivity contribution in [1.29, 1.82) is 0 Å². The van der Waals surface area contributed by atoms with Gasteiger partial charge >= 0.3 is 0 Å².